The fourth-order valence-corrected chi connectivity index (χ4v) is 2.71. The van der Waals surface area contributed by atoms with Gasteiger partial charge in [0.2, 0.25) is 0 Å². The van der Waals surface area contributed by atoms with Crippen LogP contribution in [0.15, 0.2) is 18.2 Å². The molecule has 112 valence electrons. The van der Waals surface area contributed by atoms with Crippen LogP contribution in [0.4, 0.5) is 4.39 Å². The standard InChI is InChI=1S/C15H22FNO3/c1-20-15-3-2-11(8-13(15)16)9-17-6-4-12(5-7-17)14(19)10-18/h2-3,8,12,14,18-19H,4-7,9-10H2,1H3. The Labute approximate surface area is 118 Å². The number of methoxy groups -OCH3 is 1. The number of hydrogen-bond acceptors (Lipinski definition) is 4. The van der Waals surface area contributed by atoms with Crippen molar-refractivity contribution in [2.24, 2.45) is 5.92 Å². The molecule has 1 saturated heterocycles. The van der Waals surface area contributed by atoms with E-state index in [-0.39, 0.29) is 24.1 Å². The zero-order chi connectivity index (χ0) is 14.5. The number of aliphatic hydroxyl groups excluding tert-OH is 2. The number of ether oxygens (including phenoxy) is 1. The van der Waals surface area contributed by atoms with Crippen LogP contribution in [0.1, 0.15) is 18.4 Å². The van der Waals surface area contributed by atoms with Crippen LogP contribution in [0.5, 0.6) is 5.75 Å². The van der Waals surface area contributed by atoms with Crippen LogP contribution in [0.25, 0.3) is 0 Å². The molecule has 4 nitrogen and oxygen atoms in total. The summed E-state index contributed by atoms with van der Waals surface area (Å²) >= 11 is 0. The van der Waals surface area contributed by atoms with E-state index in [1.807, 2.05) is 6.07 Å². The minimum atomic E-state index is -0.615. The zero-order valence-corrected chi connectivity index (χ0v) is 11.8. The Morgan fingerprint density at radius 1 is 1.40 bits per heavy atom. The third-order valence-electron chi connectivity index (χ3n) is 3.99. The van der Waals surface area contributed by atoms with Crippen molar-refractivity contribution in [2.75, 3.05) is 26.8 Å². The molecule has 0 saturated carbocycles. The van der Waals surface area contributed by atoms with Gasteiger partial charge in [0.25, 0.3) is 0 Å². The van der Waals surface area contributed by atoms with Crippen molar-refractivity contribution in [2.45, 2.75) is 25.5 Å². The van der Waals surface area contributed by atoms with Gasteiger partial charge in [0.15, 0.2) is 11.6 Å². The van der Waals surface area contributed by atoms with Gasteiger partial charge in [-0.1, -0.05) is 6.07 Å². The molecular formula is C15H22FNO3. The van der Waals surface area contributed by atoms with Gasteiger partial charge >= 0.3 is 0 Å². The fraction of sp³-hybridized carbons (Fsp3) is 0.600. The number of piperidine rings is 1. The van der Waals surface area contributed by atoms with E-state index in [9.17, 15) is 9.50 Å². The van der Waals surface area contributed by atoms with Crippen molar-refractivity contribution in [1.29, 1.82) is 0 Å². The second-order valence-corrected chi connectivity index (χ2v) is 5.33. The second-order valence-electron chi connectivity index (χ2n) is 5.33. The molecule has 5 heteroatoms. The molecule has 20 heavy (non-hydrogen) atoms. The van der Waals surface area contributed by atoms with Crippen molar-refractivity contribution in [3.63, 3.8) is 0 Å². The van der Waals surface area contributed by atoms with Gasteiger partial charge in [0.05, 0.1) is 19.8 Å². The average Bonchev–Trinajstić information content (AvgIpc) is 2.47. The van der Waals surface area contributed by atoms with Crippen molar-refractivity contribution >= 4 is 0 Å². The zero-order valence-electron chi connectivity index (χ0n) is 11.8. The van der Waals surface area contributed by atoms with Crippen LogP contribution in [0.2, 0.25) is 0 Å². The molecule has 0 spiro atoms. The number of nitrogens with zero attached hydrogens (tertiary/aromatic N) is 1. The highest BCUT2D eigenvalue weighted by Crippen LogP contribution is 2.23. The molecular weight excluding hydrogens is 261 g/mol. The van der Waals surface area contributed by atoms with E-state index in [1.165, 1.54) is 13.2 Å². The first-order valence-corrected chi connectivity index (χ1v) is 6.97. The summed E-state index contributed by atoms with van der Waals surface area (Å²) < 4.78 is 18.5. The first-order chi connectivity index (χ1) is 9.63. The summed E-state index contributed by atoms with van der Waals surface area (Å²) in [6.45, 7) is 2.24. The molecule has 0 bridgehead atoms. The summed E-state index contributed by atoms with van der Waals surface area (Å²) in [5.41, 5.74) is 0.921. The Kier molecular flexibility index (Phi) is 5.34. The van der Waals surface area contributed by atoms with Gasteiger partial charge in [-0.15, -0.1) is 0 Å². The molecule has 0 aliphatic carbocycles. The predicted octanol–water partition coefficient (Wildman–Crippen LogP) is 1.40. The molecule has 1 aromatic carbocycles. The van der Waals surface area contributed by atoms with E-state index in [1.54, 1.807) is 6.07 Å². The Morgan fingerprint density at radius 3 is 2.65 bits per heavy atom. The predicted molar refractivity (Wildman–Crippen MR) is 74.0 cm³/mol. The molecule has 0 amide bonds. The van der Waals surface area contributed by atoms with Crippen LogP contribution >= 0.6 is 0 Å². The molecule has 1 fully saturated rings. The first kappa shape index (κ1) is 15.2. The maximum Gasteiger partial charge on any atom is 0.165 e. The lowest BCUT2D eigenvalue weighted by Crippen LogP contribution is -2.38. The fourth-order valence-electron chi connectivity index (χ4n) is 2.71. The Hall–Kier alpha value is -1.17. The van der Waals surface area contributed by atoms with Gasteiger partial charge in [-0.3, -0.25) is 4.90 Å². The minimum absolute atomic E-state index is 0.170. The van der Waals surface area contributed by atoms with Crippen LogP contribution in [0, 0.1) is 11.7 Å². The van der Waals surface area contributed by atoms with Gasteiger partial charge in [-0.2, -0.15) is 0 Å². The lowest BCUT2D eigenvalue weighted by Gasteiger charge is -2.33. The quantitative estimate of drug-likeness (QED) is 0.857. The highest BCUT2D eigenvalue weighted by Gasteiger charge is 2.24. The maximum absolute atomic E-state index is 13.6. The molecule has 2 N–H and O–H groups in total. The van der Waals surface area contributed by atoms with Crippen molar-refractivity contribution in [3.05, 3.63) is 29.6 Å². The molecule has 1 heterocycles. The maximum atomic E-state index is 13.6. The molecule has 2 rings (SSSR count). The summed E-state index contributed by atoms with van der Waals surface area (Å²) in [4.78, 5) is 2.24. The van der Waals surface area contributed by atoms with Crippen molar-refractivity contribution < 1.29 is 19.3 Å². The Bertz CT molecular complexity index is 433. The summed E-state index contributed by atoms with van der Waals surface area (Å²) in [6, 6.07) is 5.02. The molecule has 1 atom stereocenters. The van der Waals surface area contributed by atoms with E-state index < -0.39 is 6.10 Å². The van der Waals surface area contributed by atoms with Gasteiger partial charge in [-0.25, -0.2) is 4.39 Å². The van der Waals surface area contributed by atoms with Gasteiger partial charge < -0.3 is 14.9 Å². The largest absolute Gasteiger partial charge is 0.494 e. The van der Waals surface area contributed by atoms with Gasteiger partial charge in [-0.05, 0) is 49.5 Å². The second kappa shape index (κ2) is 7.02. The minimum Gasteiger partial charge on any atom is -0.494 e. The van der Waals surface area contributed by atoms with Crippen LogP contribution in [0.3, 0.4) is 0 Å². The van der Waals surface area contributed by atoms with Crippen LogP contribution < -0.4 is 4.74 Å². The lowest BCUT2D eigenvalue weighted by atomic mass is 9.91. The van der Waals surface area contributed by atoms with E-state index >= 15 is 0 Å². The summed E-state index contributed by atoms with van der Waals surface area (Å²) in [7, 11) is 1.45. The monoisotopic (exact) mass is 283 g/mol. The molecule has 0 radical (unpaired) electrons. The van der Waals surface area contributed by atoms with Gasteiger partial charge in [0, 0.05) is 6.54 Å². The smallest absolute Gasteiger partial charge is 0.165 e. The normalized spacial score (nSPS) is 19.0. The SMILES string of the molecule is COc1ccc(CN2CCC(C(O)CO)CC2)cc1F. The highest BCUT2D eigenvalue weighted by atomic mass is 19.1. The number of benzene rings is 1. The third kappa shape index (κ3) is 3.69. The number of hydrogen-bond donors (Lipinski definition) is 2. The molecule has 0 aromatic heterocycles. The van der Waals surface area contributed by atoms with E-state index in [0.29, 0.717) is 6.54 Å². The van der Waals surface area contributed by atoms with Crippen LogP contribution in [-0.2, 0) is 6.54 Å². The number of aliphatic hydroxyl groups is 2. The average molecular weight is 283 g/mol. The first-order valence-electron chi connectivity index (χ1n) is 6.97. The molecule has 1 aromatic rings. The number of rotatable bonds is 5. The molecule has 1 aliphatic heterocycles. The molecule has 1 unspecified atom stereocenters. The summed E-state index contributed by atoms with van der Waals surface area (Å²) in [6.07, 6.45) is 1.11. The van der Waals surface area contributed by atoms with E-state index in [2.05, 4.69) is 4.90 Å². The van der Waals surface area contributed by atoms with Crippen LogP contribution in [-0.4, -0.2) is 48.0 Å². The summed E-state index contributed by atoms with van der Waals surface area (Å²) in [5, 5.41) is 18.6. The topological polar surface area (TPSA) is 52.9 Å². The van der Waals surface area contributed by atoms with E-state index in [0.717, 1.165) is 31.5 Å². The third-order valence-corrected chi connectivity index (χ3v) is 3.99. The van der Waals surface area contributed by atoms with E-state index in [4.69, 9.17) is 9.84 Å². The Morgan fingerprint density at radius 2 is 2.10 bits per heavy atom. The van der Waals surface area contributed by atoms with Crippen molar-refractivity contribution in [1.82, 2.24) is 4.90 Å². The van der Waals surface area contributed by atoms with Gasteiger partial charge in [0.1, 0.15) is 0 Å². The number of likely N-dealkylation sites (tertiary alicyclic amines) is 1. The lowest BCUT2D eigenvalue weighted by molar-refractivity contribution is 0.0172. The summed E-state index contributed by atoms with van der Waals surface area (Å²) in [5.74, 6) is 0.0953. The molecule has 1 aliphatic rings. The number of halogens is 1. The highest BCUT2D eigenvalue weighted by molar-refractivity contribution is 5.29. The Balaban J connectivity index is 1.88. The van der Waals surface area contributed by atoms with Crippen molar-refractivity contribution in [3.8, 4) is 5.75 Å².